The largest absolute Gasteiger partial charge is 0.508 e. The molecule has 0 aromatic rings. The zero-order valence-corrected chi connectivity index (χ0v) is 13.6. The number of hydrogen-bond acceptors (Lipinski definition) is 3. The lowest BCUT2D eigenvalue weighted by Crippen LogP contribution is -2.34. The Labute approximate surface area is 119 Å². The highest BCUT2D eigenvalue weighted by Crippen LogP contribution is 2.34. The van der Waals surface area contributed by atoms with Crippen LogP contribution in [0.5, 0.6) is 0 Å². The van der Waals surface area contributed by atoms with Crippen molar-refractivity contribution >= 4 is 6.16 Å². The van der Waals surface area contributed by atoms with E-state index < -0.39 is 6.16 Å². The number of rotatable bonds is 9. The highest BCUT2D eigenvalue weighted by atomic mass is 16.7. The summed E-state index contributed by atoms with van der Waals surface area (Å²) in [5, 5.41) is 0. The van der Waals surface area contributed by atoms with Crippen LogP contribution >= 0.6 is 0 Å². The van der Waals surface area contributed by atoms with Crippen molar-refractivity contribution in [2.24, 2.45) is 11.3 Å². The van der Waals surface area contributed by atoms with Gasteiger partial charge in [-0.2, -0.15) is 0 Å². The van der Waals surface area contributed by atoms with Crippen LogP contribution in [-0.2, 0) is 9.47 Å². The maximum Gasteiger partial charge on any atom is 0.508 e. The van der Waals surface area contributed by atoms with Crippen molar-refractivity contribution in [2.75, 3.05) is 6.61 Å². The van der Waals surface area contributed by atoms with E-state index in [0.29, 0.717) is 12.5 Å². The molecule has 3 heteroatoms. The second-order valence-corrected chi connectivity index (χ2v) is 6.18. The lowest BCUT2D eigenvalue weighted by molar-refractivity contribution is -0.0280. The van der Waals surface area contributed by atoms with Crippen molar-refractivity contribution in [3.05, 3.63) is 0 Å². The molecule has 2 atom stereocenters. The van der Waals surface area contributed by atoms with Gasteiger partial charge in [-0.3, -0.25) is 0 Å². The summed E-state index contributed by atoms with van der Waals surface area (Å²) in [7, 11) is 0. The second-order valence-electron chi connectivity index (χ2n) is 6.18. The Balaban J connectivity index is 4.24. The number of hydrogen-bond donors (Lipinski definition) is 0. The molecule has 0 aromatic carbocycles. The van der Waals surface area contributed by atoms with E-state index in [1.54, 1.807) is 0 Å². The first kappa shape index (κ1) is 18.3. The van der Waals surface area contributed by atoms with Crippen LogP contribution in [0.4, 0.5) is 4.79 Å². The minimum absolute atomic E-state index is 0.0476. The Hall–Kier alpha value is -0.730. The quantitative estimate of drug-likeness (QED) is 0.428. The molecular formula is C16H32O3. The molecule has 2 unspecified atom stereocenters. The van der Waals surface area contributed by atoms with Gasteiger partial charge in [0, 0.05) is 5.41 Å². The summed E-state index contributed by atoms with van der Waals surface area (Å²) in [6.07, 6.45) is 5.11. The topological polar surface area (TPSA) is 35.5 Å². The average molecular weight is 272 g/mol. The fourth-order valence-corrected chi connectivity index (χ4v) is 2.00. The molecule has 0 heterocycles. The molecule has 0 fully saturated rings. The van der Waals surface area contributed by atoms with E-state index in [9.17, 15) is 4.79 Å². The summed E-state index contributed by atoms with van der Waals surface area (Å²) in [6.45, 7) is 13.0. The summed E-state index contributed by atoms with van der Waals surface area (Å²) in [6, 6.07) is 0. The minimum Gasteiger partial charge on any atom is -0.434 e. The number of carbonyl (C=O) groups excluding carboxylic acids is 1. The molecule has 0 aliphatic rings. The zero-order valence-electron chi connectivity index (χ0n) is 13.6. The van der Waals surface area contributed by atoms with Crippen LogP contribution < -0.4 is 0 Å². The van der Waals surface area contributed by atoms with Gasteiger partial charge in [-0.15, -0.1) is 0 Å². The monoisotopic (exact) mass is 272 g/mol. The van der Waals surface area contributed by atoms with Crippen LogP contribution in [0.3, 0.4) is 0 Å². The Bertz CT molecular complexity index is 250. The van der Waals surface area contributed by atoms with E-state index in [0.717, 1.165) is 12.8 Å². The third-order valence-electron chi connectivity index (χ3n) is 3.95. The first-order valence-corrected chi connectivity index (χ1v) is 7.69. The predicted octanol–water partition coefficient (Wildman–Crippen LogP) is 5.18. The third kappa shape index (κ3) is 7.44. The lowest BCUT2D eigenvalue weighted by atomic mass is 9.77. The van der Waals surface area contributed by atoms with Crippen molar-refractivity contribution < 1.29 is 14.3 Å². The van der Waals surface area contributed by atoms with Gasteiger partial charge in [0.2, 0.25) is 0 Å². The van der Waals surface area contributed by atoms with E-state index in [2.05, 4.69) is 20.8 Å². The fraction of sp³-hybridized carbons (Fsp3) is 0.938. The average Bonchev–Trinajstić information content (AvgIpc) is 2.36. The van der Waals surface area contributed by atoms with Crippen LogP contribution in [0.25, 0.3) is 0 Å². The van der Waals surface area contributed by atoms with Crippen LogP contribution in [0.2, 0.25) is 0 Å². The number of unbranched alkanes of at least 4 members (excludes halogenated alkanes) is 2. The van der Waals surface area contributed by atoms with Crippen LogP contribution in [0.15, 0.2) is 0 Å². The van der Waals surface area contributed by atoms with E-state index in [1.807, 2.05) is 20.8 Å². The molecule has 0 N–H and O–H groups in total. The van der Waals surface area contributed by atoms with E-state index in [4.69, 9.17) is 9.47 Å². The second kappa shape index (κ2) is 9.22. The fourth-order valence-electron chi connectivity index (χ4n) is 2.00. The van der Waals surface area contributed by atoms with Gasteiger partial charge in [0.1, 0.15) is 6.10 Å². The number of ether oxygens (including phenoxy) is 2. The van der Waals surface area contributed by atoms with Crippen LogP contribution in [0, 0.1) is 11.3 Å². The highest BCUT2D eigenvalue weighted by Gasteiger charge is 2.32. The predicted molar refractivity (Wildman–Crippen MR) is 79.3 cm³/mol. The van der Waals surface area contributed by atoms with Gasteiger partial charge in [0.25, 0.3) is 0 Å². The molecule has 0 aliphatic heterocycles. The maximum absolute atomic E-state index is 11.6. The summed E-state index contributed by atoms with van der Waals surface area (Å²) in [5.74, 6) is 0.338. The van der Waals surface area contributed by atoms with Gasteiger partial charge in [-0.05, 0) is 25.7 Å². The Morgan fingerprint density at radius 2 is 1.79 bits per heavy atom. The smallest absolute Gasteiger partial charge is 0.434 e. The summed E-state index contributed by atoms with van der Waals surface area (Å²) < 4.78 is 10.5. The van der Waals surface area contributed by atoms with Gasteiger partial charge in [-0.1, -0.05) is 53.9 Å². The molecule has 0 saturated carbocycles. The molecule has 114 valence electrons. The molecule has 3 nitrogen and oxygen atoms in total. The van der Waals surface area contributed by atoms with Gasteiger partial charge in [-0.25, -0.2) is 4.79 Å². The standard InChI is InChI=1S/C16H32O3/c1-7-9-10-11-16(6,8-2)14(5)19-15(17)18-12-13(3)4/h13-14H,7-12H2,1-6H3. The van der Waals surface area contributed by atoms with Gasteiger partial charge < -0.3 is 9.47 Å². The van der Waals surface area contributed by atoms with E-state index in [-0.39, 0.29) is 11.5 Å². The van der Waals surface area contributed by atoms with E-state index in [1.165, 1.54) is 19.3 Å². The lowest BCUT2D eigenvalue weighted by Gasteiger charge is -2.34. The normalized spacial score (nSPS) is 15.9. The van der Waals surface area contributed by atoms with Crippen molar-refractivity contribution in [2.45, 2.75) is 79.8 Å². The highest BCUT2D eigenvalue weighted by molar-refractivity contribution is 5.60. The van der Waals surface area contributed by atoms with Crippen molar-refractivity contribution in [1.29, 1.82) is 0 Å². The van der Waals surface area contributed by atoms with Crippen LogP contribution in [0.1, 0.15) is 73.6 Å². The van der Waals surface area contributed by atoms with Gasteiger partial charge >= 0.3 is 6.16 Å². The molecule has 0 aliphatic carbocycles. The first-order valence-electron chi connectivity index (χ1n) is 7.69. The first-order chi connectivity index (χ1) is 8.85. The molecule has 0 radical (unpaired) electrons. The molecule has 19 heavy (non-hydrogen) atoms. The molecule has 0 aromatic heterocycles. The maximum atomic E-state index is 11.6. The molecule has 0 rings (SSSR count). The SMILES string of the molecule is CCCCCC(C)(CC)C(C)OC(=O)OCC(C)C. The van der Waals surface area contributed by atoms with Crippen molar-refractivity contribution in [1.82, 2.24) is 0 Å². The molecule has 0 amide bonds. The Morgan fingerprint density at radius 1 is 1.16 bits per heavy atom. The molecular weight excluding hydrogens is 240 g/mol. The third-order valence-corrected chi connectivity index (χ3v) is 3.95. The number of carbonyl (C=O) groups is 1. The van der Waals surface area contributed by atoms with Crippen molar-refractivity contribution in [3.63, 3.8) is 0 Å². The molecule has 0 saturated heterocycles. The molecule has 0 bridgehead atoms. The summed E-state index contributed by atoms with van der Waals surface area (Å²) in [5.41, 5.74) is 0.0476. The Morgan fingerprint density at radius 3 is 2.26 bits per heavy atom. The van der Waals surface area contributed by atoms with Crippen molar-refractivity contribution in [3.8, 4) is 0 Å². The summed E-state index contributed by atoms with van der Waals surface area (Å²) in [4.78, 5) is 11.6. The molecule has 0 spiro atoms. The van der Waals surface area contributed by atoms with Gasteiger partial charge in [0.05, 0.1) is 6.61 Å². The Kier molecular flexibility index (Phi) is 8.86. The zero-order chi connectivity index (χ0) is 14.9. The summed E-state index contributed by atoms with van der Waals surface area (Å²) >= 11 is 0. The van der Waals surface area contributed by atoms with Gasteiger partial charge in [0.15, 0.2) is 0 Å². The van der Waals surface area contributed by atoms with Crippen LogP contribution in [-0.4, -0.2) is 18.9 Å². The van der Waals surface area contributed by atoms with E-state index >= 15 is 0 Å². The minimum atomic E-state index is -0.531.